The van der Waals surface area contributed by atoms with Gasteiger partial charge in [0, 0.05) is 25.7 Å². The van der Waals surface area contributed by atoms with Gasteiger partial charge in [-0.15, -0.1) is 0 Å². The summed E-state index contributed by atoms with van der Waals surface area (Å²) < 4.78 is 39.0. The van der Waals surface area contributed by atoms with E-state index in [1.165, 1.54) is 11.6 Å². The third kappa shape index (κ3) is 3.52. The zero-order valence-electron chi connectivity index (χ0n) is 12.2. The first-order valence-electron chi connectivity index (χ1n) is 6.68. The smallest absolute Gasteiger partial charge is 0.341 e. The first kappa shape index (κ1) is 16.5. The lowest BCUT2D eigenvalue weighted by molar-refractivity contribution is -0.141. The molecule has 1 unspecified atom stereocenters. The lowest BCUT2D eigenvalue weighted by atomic mass is 10.2. The highest BCUT2D eigenvalue weighted by Crippen LogP contribution is 2.31. The van der Waals surface area contributed by atoms with Crippen molar-refractivity contribution < 1.29 is 18.0 Å². The summed E-state index contributed by atoms with van der Waals surface area (Å²) in [7, 11) is 0. The Morgan fingerprint density at radius 2 is 2.00 bits per heavy atom. The molecule has 1 saturated heterocycles. The van der Waals surface area contributed by atoms with Crippen LogP contribution in [-0.4, -0.2) is 33.7 Å². The van der Waals surface area contributed by atoms with Crippen molar-refractivity contribution in [2.24, 2.45) is 0 Å². The van der Waals surface area contributed by atoms with Crippen molar-refractivity contribution in [1.29, 1.82) is 0 Å². The van der Waals surface area contributed by atoms with Gasteiger partial charge in [-0.2, -0.15) is 18.3 Å². The maximum atomic E-state index is 12.5. The topological polar surface area (TPSA) is 38.1 Å². The maximum Gasteiger partial charge on any atom is 0.435 e. The number of halogens is 3. The van der Waals surface area contributed by atoms with E-state index >= 15 is 0 Å². The summed E-state index contributed by atoms with van der Waals surface area (Å²) in [5.41, 5.74) is -0.404. The Morgan fingerprint density at radius 3 is 2.40 bits per heavy atom. The molecule has 114 valence electrons. The second kappa shape index (κ2) is 6.28. The molecule has 0 aliphatic carbocycles. The normalized spacial score (nSPS) is 18.8. The lowest BCUT2D eigenvalue weighted by Gasteiger charge is -2.15. The van der Waals surface area contributed by atoms with Crippen molar-refractivity contribution in [1.82, 2.24) is 14.7 Å². The third-order valence-corrected chi connectivity index (χ3v) is 3.17. The van der Waals surface area contributed by atoms with Crippen molar-refractivity contribution in [3.63, 3.8) is 0 Å². The molecule has 20 heavy (non-hydrogen) atoms. The van der Waals surface area contributed by atoms with Gasteiger partial charge in [0.05, 0.1) is 6.04 Å². The number of carbonyl (C=O) groups is 1. The fourth-order valence-electron chi connectivity index (χ4n) is 2.22. The Bertz CT molecular complexity index is 468. The number of alkyl halides is 3. The van der Waals surface area contributed by atoms with Crippen LogP contribution in [0.15, 0.2) is 6.07 Å². The van der Waals surface area contributed by atoms with E-state index in [9.17, 15) is 18.0 Å². The van der Waals surface area contributed by atoms with Crippen LogP contribution >= 0.6 is 0 Å². The van der Waals surface area contributed by atoms with Crippen LogP contribution in [0.25, 0.3) is 0 Å². The van der Waals surface area contributed by atoms with Crippen LogP contribution in [0, 0.1) is 6.92 Å². The second-order valence-electron chi connectivity index (χ2n) is 4.52. The Hall–Kier alpha value is -1.53. The first-order valence-corrected chi connectivity index (χ1v) is 6.68. The molecule has 0 N–H and O–H groups in total. The molecule has 0 saturated carbocycles. The van der Waals surface area contributed by atoms with Gasteiger partial charge in [0.2, 0.25) is 5.91 Å². The van der Waals surface area contributed by atoms with Gasteiger partial charge in [-0.1, -0.05) is 13.8 Å². The van der Waals surface area contributed by atoms with Crippen LogP contribution < -0.4 is 0 Å². The number of hydrogen-bond acceptors (Lipinski definition) is 2. The van der Waals surface area contributed by atoms with Crippen LogP contribution in [0.2, 0.25) is 0 Å². The lowest BCUT2D eigenvalue weighted by Crippen LogP contribution is -2.26. The van der Waals surface area contributed by atoms with Crippen molar-refractivity contribution in [3.8, 4) is 0 Å². The van der Waals surface area contributed by atoms with Gasteiger partial charge in [-0.05, 0) is 19.4 Å². The van der Waals surface area contributed by atoms with Crippen molar-refractivity contribution in [3.05, 3.63) is 17.5 Å². The van der Waals surface area contributed by atoms with Crippen molar-refractivity contribution >= 4 is 5.91 Å². The first-order chi connectivity index (χ1) is 9.29. The van der Waals surface area contributed by atoms with E-state index in [4.69, 9.17) is 0 Å². The largest absolute Gasteiger partial charge is 0.435 e. The van der Waals surface area contributed by atoms with Gasteiger partial charge >= 0.3 is 6.18 Å². The Labute approximate surface area is 116 Å². The average molecular weight is 291 g/mol. The van der Waals surface area contributed by atoms with E-state index in [-0.39, 0.29) is 11.9 Å². The average Bonchev–Trinajstić information content (AvgIpc) is 2.96. The molecule has 0 aromatic carbocycles. The Balaban J connectivity index is 0.000000956. The zero-order chi connectivity index (χ0) is 15.5. The summed E-state index contributed by atoms with van der Waals surface area (Å²) in [5, 5.41) is 3.61. The third-order valence-electron chi connectivity index (χ3n) is 3.17. The Morgan fingerprint density at radius 1 is 1.40 bits per heavy atom. The van der Waals surface area contributed by atoms with Gasteiger partial charge in [-0.3, -0.25) is 9.48 Å². The summed E-state index contributed by atoms with van der Waals surface area (Å²) >= 11 is 0. The van der Waals surface area contributed by atoms with Crippen LogP contribution in [0.1, 0.15) is 44.6 Å². The molecular formula is C13H20F3N3O. The summed E-state index contributed by atoms with van der Waals surface area (Å²) in [6, 6.07) is 0.876. The van der Waals surface area contributed by atoms with Gasteiger partial charge in [0.15, 0.2) is 5.69 Å². The maximum absolute atomic E-state index is 12.5. The number of carbonyl (C=O) groups excluding carboxylic acids is 1. The predicted molar refractivity (Wildman–Crippen MR) is 69.2 cm³/mol. The molecule has 7 heteroatoms. The highest BCUT2D eigenvalue weighted by molar-refractivity contribution is 5.73. The number of likely N-dealkylation sites (tertiary alicyclic amines) is 1. The van der Waals surface area contributed by atoms with E-state index in [1.54, 1.807) is 11.8 Å². The number of rotatable bonds is 1. The molecule has 1 aliphatic rings. The molecule has 0 spiro atoms. The quantitative estimate of drug-likeness (QED) is 0.797. The number of aryl methyl sites for hydroxylation is 1. The monoisotopic (exact) mass is 291 g/mol. The highest BCUT2D eigenvalue weighted by Gasteiger charge is 2.36. The molecule has 1 aliphatic heterocycles. The van der Waals surface area contributed by atoms with Crippen LogP contribution in [0.5, 0.6) is 0 Å². The zero-order valence-corrected chi connectivity index (χ0v) is 12.2. The summed E-state index contributed by atoms with van der Waals surface area (Å²) in [5.74, 6) is -0.0571. The number of hydrogen-bond donors (Lipinski definition) is 0. The van der Waals surface area contributed by atoms with Gasteiger partial charge in [0.1, 0.15) is 0 Å². The molecule has 1 fully saturated rings. The van der Waals surface area contributed by atoms with Crippen LogP contribution in [0.4, 0.5) is 13.2 Å². The van der Waals surface area contributed by atoms with Crippen LogP contribution in [0.3, 0.4) is 0 Å². The van der Waals surface area contributed by atoms with Crippen LogP contribution in [-0.2, 0) is 11.0 Å². The standard InChI is InChI=1S/C11H14F3N3O.C2H6/c1-7-5-10(11(12,13)14)15-17(7)9-3-4-16(6-9)8(2)18;1-2/h5,9H,3-4,6H2,1-2H3;1-2H3. The minimum atomic E-state index is -4.42. The molecule has 1 aromatic heterocycles. The van der Waals surface area contributed by atoms with Gasteiger partial charge in [-0.25, -0.2) is 0 Å². The fourth-order valence-corrected chi connectivity index (χ4v) is 2.22. The number of nitrogens with zero attached hydrogens (tertiary/aromatic N) is 3. The summed E-state index contributed by atoms with van der Waals surface area (Å²) in [6.45, 7) is 8.05. The van der Waals surface area contributed by atoms with E-state index < -0.39 is 11.9 Å². The van der Waals surface area contributed by atoms with E-state index in [0.29, 0.717) is 25.2 Å². The molecule has 2 rings (SSSR count). The summed E-state index contributed by atoms with van der Waals surface area (Å²) in [4.78, 5) is 12.8. The second-order valence-corrected chi connectivity index (χ2v) is 4.52. The molecule has 4 nitrogen and oxygen atoms in total. The van der Waals surface area contributed by atoms with Crippen molar-refractivity contribution in [2.45, 2.75) is 46.3 Å². The SMILES string of the molecule is CC.CC(=O)N1CCC(n2nc(C(F)(F)F)cc2C)C1. The number of aromatic nitrogens is 2. The van der Waals surface area contributed by atoms with Gasteiger partial charge in [0.25, 0.3) is 0 Å². The van der Waals surface area contributed by atoms with Crippen molar-refractivity contribution in [2.75, 3.05) is 13.1 Å². The highest BCUT2D eigenvalue weighted by atomic mass is 19.4. The molecule has 1 amide bonds. The van der Waals surface area contributed by atoms with E-state index in [1.807, 2.05) is 13.8 Å². The molecule has 2 heterocycles. The molecule has 1 atom stereocenters. The van der Waals surface area contributed by atoms with E-state index in [0.717, 1.165) is 6.07 Å². The predicted octanol–water partition coefficient (Wildman–Crippen LogP) is 3.03. The Kier molecular flexibility index (Phi) is 5.19. The molecule has 0 bridgehead atoms. The fraction of sp³-hybridized carbons (Fsp3) is 0.692. The summed E-state index contributed by atoms with van der Waals surface area (Å²) in [6.07, 6.45) is -3.78. The molecule has 1 aromatic rings. The molecule has 0 radical (unpaired) electrons. The minimum absolute atomic E-state index is 0.0571. The van der Waals surface area contributed by atoms with E-state index in [2.05, 4.69) is 5.10 Å². The van der Waals surface area contributed by atoms with Gasteiger partial charge < -0.3 is 4.90 Å². The number of amides is 1. The minimum Gasteiger partial charge on any atom is -0.341 e. The molecular weight excluding hydrogens is 271 g/mol.